The highest BCUT2D eigenvalue weighted by Gasteiger charge is 2.33. The normalized spacial score (nSPS) is 32.4. The molecule has 2 aliphatic rings. The van der Waals surface area contributed by atoms with Crippen LogP contribution in [0.25, 0.3) is 0 Å². The number of dihydropyridines is 1. The summed E-state index contributed by atoms with van der Waals surface area (Å²) in [6.07, 6.45) is 7.11. The second-order valence-electron chi connectivity index (χ2n) is 5.32. The number of fused-ring (bicyclic) bond motifs is 1. The number of nitrogens with one attached hydrogen (secondary N) is 1. The maximum absolute atomic E-state index is 4.50. The van der Waals surface area contributed by atoms with Crippen LogP contribution in [0, 0.1) is 11.3 Å². The minimum absolute atomic E-state index is 0.286. The second kappa shape index (κ2) is 3.50. The van der Waals surface area contributed by atoms with Crippen LogP contribution < -0.4 is 5.32 Å². The van der Waals surface area contributed by atoms with Gasteiger partial charge in [-0.15, -0.1) is 0 Å². The second-order valence-corrected chi connectivity index (χ2v) is 5.32. The Morgan fingerprint density at radius 1 is 1.43 bits per heavy atom. The topological polar surface area (TPSA) is 24.4 Å². The molecule has 2 unspecified atom stereocenters. The molecule has 1 saturated heterocycles. The summed E-state index contributed by atoms with van der Waals surface area (Å²) >= 11 is 0. The molecule has 1 fully saturated rings. The first kappa shape index (κ1) is 9.91. The Balaban J connectivity index is 2.23. The van der Waals surface area contributed by atoms with E-state index in [1.165, 1.54) is 12.8 Å². The summed E-state index contributed by atoms with van der Waals surface area (Å²) < 4.78 is 0. The van der Waals surface area contributed by atoms with Gasteiger partial charge in [0.2, 0.25) is 0 Å². The molecule has 0 aromatic heterocycles. The van der Waals surface area contributed by atoms with Crippen molar-refractivity contribution in [1.82, 2.24) is 5.32 Å². The van der Waals surface area contributed by atoms with Crippen molar-refractivity contribution >= 4 is 6.21 Å². The van der Waals surface area contributed by atoms with E-state index in [9.17, 15) is 0 Å². The summed E-state index contributed by atoms with van der Waals surface area (Å²) in [4.78, 5) is 4.50. The molecule has 0 saturated carbocycles. The lowest BCUT2D eigenvalue weighted by molar-refractivity contribution is 0.281. The highest BCUT2D eigenvalue weighted by molar-refractivity contribution is 5.74. The smallest absolute Gasteiger partial charge is 0.106 e. The summed E-state index contributed by atoms with van der Waals surface area (Å²) in [5.74, 6) is 0.633. The van der Waals surface area contributed by atoms with E-state index in [0.29, 0.717) is 12.1 Å². The molecular weight excluding hydrogens is 172 g/mol. The lowest BCUT2D eigenvalue weighted by atomic mass is 9.74. The Morgan fingerprint density at radius 3 is 2.93 bits per heavy atom. The molecule has 0 amide bonds. The molecule has 2 heteroatoms. The monoisotopic (exact) mass is 192 g/mol. The van der Waals surface area contributed by atoms with Crippen molar-refractivity contribution in [2.24, 2.45) is 16.3 Å². The summed E-state index contributed by atoms with van der Waals surface area (Å²) in [6.45, 7) is 8.01. The Bertz CT molecular complexity index is 271. The van der Waals surface area contributed by atoms with Gasteiger partial charge in [0.25, 0.3) is 0 Å². The van der Waals surface area contributed by atoms with E-state index in [-0.39, 0.29) is 5.41 Å². The predicted molar refractivity (Wildman–Crippen MR) is 60.5 cm³/mol. The summed E-state index contributed by atoms with van der Waals surface area (Å²) in [5.41, 5.74) is 1.85. The Morgan fingerprint density at radius 2 is 2.21 bits per heavy atom. The lowest BCUT2D eigenvalue weighted by Gasteiger charge is -2.39. The molecule has 14 heavy (non-hydrogen) atoms. The van der Waals surface area contributed by atoms with Crippen molar-refractivity contribution < 1.29 is 0 Å². The van der Waals surface area contributed by atoms with Crippen LogP contribution >= 0.6 is 0 Å². The third-order valence-electron chi connectivity index (χ3n) is 3.19. The van der Waals surface area contributed by atoms with Gasteiger partial charge in [-0.05, 0) is 30.9 Å². The maximum Gasteiger partial charge on any atom is 0.106 e. The van der Waals surface area contributed by atoms with E-state index in [4.69, 9.17) is 0 Å². The number of aliphatic imine (C=N–C) groups is 1. The average Bonchev–Trinajstić information content (AvgIpc) is 2.15. The van der Waals surface area contributed by atoms with Gasteiger partial charge in [0.1, 0.15) is 6.17 Å². The van der Waals surface area contributed by atoms with Crippen molar-refractivity contribution in [1.29, 1.82) is 0 Å². The van der Waals surface area contributed by atoms with Crippen molar-refractivity contribution in [3.63, 3.8) is 0 Å². The van der Waals surface area contributed by atoms with Gasteiger partial charge in [-0.25, -0.2) is 0 Å². The van der Waals surface area contributed by atoms with Gasteiger partial charge in [-0.3, -0.25) is 10.3 Å². The molecule has 0 aliphatic carbocycles. The number of nitrogens with zero attached hydrogens (tertiary/aromatic N) is 1. The van der Waals surface area contributed by atoms with Gasteiger partial charge in [0.05, 0.1) is 0 Å². The van der Waals surface area contributed by atoms with Gasteiger partial charge in [0, 0.05) is 12.1 Å². The maximum atomic E-state index is 4.50. The van der Waals surface area contributed by atoms with Crippen molar-refractivity contribution in [2.45, 2.75) is 39.8 Å². The molecule has 0 bridgehead atoms. The first-order valence-corrected chi connectivity index (χ1v) is 5.56. The van der Waals surface area contributed by atoms with Gasteiger partial charge >= 0.3 is 0 Å². The molecule has 0 aromatic rings. The first-order chi connectivity index (χ1) is 6.59. The Labute approximate surface area is 86.5 Å². The molecular formula is C12H20N2. The quantitative estimate of drug-likeness (QED) is 0.626. The molecule has 2 aliphatic heterocycles. The van der Waals surface area contributed by atoms with Crippen LogP contribution in [-0.2, 0) is 0 Å². The molecule has 78 valence electrons. The highest BCUT2D eigenvalue weighted by atomic mass is 15.1. The van der Waals surface area contributed by atoms with Crippen molar-refractivity contribution in [3.05, 3.63) is 11.6 Å². The van der Waals surface area contributed by atoms with E-state index in [2.05, 4.69) is 37.2 Å². The first-order valence-electron chi connectivity index (χ1n) is 5.56. The van der Waals surface area contributed by atoms with Crippen molar-refractivity contribution in [2.75, 3.05) is 6.54 Å². The van der Waals surface area contributed by atoms with Crippen LogP contribution in [0.15, 0.2) is 16.6 Å². The molecule has 2 atom stereocenters. The molecule has 0 spiro atoms. The summed E-state index contributed by atoms with van der Waals surface area (Å²) in [5, 5.41) is 3.48. The SMILES string of the molecule is CC(C)(C)C1=CC=NC2NCCCC12. The van der Waals surface area contributed by atoms with Gasteiger partial charge < -0.3 is 0 Å². The number of hydrogen-bond acceptors (Lipinski definition) is 2. The predicted octanol–water partition coefficient (Wildman–Crippen LogP) is 2.37. The third kappa shape index (κ3) is 1.76. The van der Waals surface area contributed by atoms with E-state index in [0.717, 1.165) is 6.54 Å². The molecule has 1 N–H and O–H groups in total. The van der Waals surface area contributed by atoms with E-state index >= 15 is 0 Å². The van der Waals surface area contributed by atoms with Gasteiger partial charge in [-0.2, -0.15) is 0 Å². The number of allylic oxidation sites excluding steroid dienone is 1. The number of piperidine rings is 1. The molecule has 2 rings (SSSR count). The lowest BCUT2D eigenvalue weighted by Crippen LogP contribution is -2.44. The average molecular weight is 192 g/mol. The molecule has 0 aromatic carbocycles. The van der Waals surface area contributed by atoms with E-state index in [1.54, 1.807) is 5.57 Å². The van der Waals surface area contributed by atoms with Gasteiger partial charge in [-0.1, -0.05) is 26.3 Å². The van der Waals surface area contributed by atoms with Crippen LogP contribution in [-0.4, -0.2) is 18.9 Å². The van der Waals surface area contributed by atoms with Crippen LogP contribution in [0.5, 0.6) is 0 Å². The number of hydrogen-bond donors (Lipinski definition) is 1. The van der Waals surface area contributed by atoms with Crippen LogP contribution in [0.3, 0.4) is 0 Å². The zero-order valence-electron chi connectivity index (χ0n) is 9.38. The summed E-state index contributed by atoms with van der Waals surface area (Å²) in [7, 11) is 0. The largest absolute Gasteiger partial charge is 0.295 e. The zero-order chi connectivity index (χ0) is 10.2. The fraction of sp³-hybridized carbons (Fsp3) is 0.750. The number of rotatable bonds is 0. The van der Waals surface area contributed by atoms with Crippen LogP contribution in [0.2, 0.25) is 0 Å². The fourth-order valence-electron chi connectivity index (χ4n) is 2.50. The molecule has 2 nitrogen and oxygen atoms in total. The standard InChI is InChI=1S/C12H20N2/c1-12(2,3)10-6-8-14-11-9(10)5-4-7-13-11/h6,8-9,11,13H,4-5,7H2,1-3H3. The molecule has 0 radical (unpaired) electrons. The minimum Gasteiger partial charge on any atom is -0.295 e. The highest BCUT2D eigenvalue weighted by Crippen LogP contribution is 2.38. The third-order valence-corrected chi connectivity index (χ3v) is 3.19. The fourth-order valence-corrected chi connectivity index (χ4v) is 2.50. The molecule has 2 heterocycles. The zero-order valence-corrected chi connectivity index (χ0v) is 9.38. The van der Waals surface area contributed by atoms with E-state index < -0.39 is 0 Å². The minimum atomic E-state index is 0.286. The van der Waals surface area contributed by atoms with Crippen molar-refractivity contribution in [3.8, 4) is 0 Å². The van der Waals surface area contributed by atoms with E-state index in [1.807, 2.05) is 6.21 Å². The Kier molecular flexibility index (Phi) is 2.48. The van der Waals surface area contributed by atoms with Crippen LogP contribution in [0.4, 0.5) is 0 Å². The Hall–Kier alpha value is -0.630. The van der Waals surface area contributed by atoms with Crippen LogP contribution in [0.1, 0.15) is 33.6 Å². The summed E-state index contributed by atoms with van der Waals surface area (Å²) in [6, 6.07) is 0. The van der Waals surface area contributed by atoms with Gasteiger partial charge in [0.15, 0.2) is 0 Å².